The number of carbonyl (C=O) groups is 3. The van der Waals surface area contributed by atoms with Crippen LogP contribution in [-0.4, -0.2) is 37.5 Å². The minimum atomic E-state index is -0.504. The van der Waals surface area contributed by atoms with Gasteiger partial charge in [0.15, 0.2) is 6.61 Å². The van der Waals surface area contributed by atoms with Crippen molar-refractivity contribution in [2.24, 2.45) is 0 Å². The van der Waals surface area contributed by atoms with Crippen LogP contribution in [0.25, 0.3) is 0 Å². The third-order valence-electron chi connectivity index (χ3n) is 2.57. The van der Waals surface area contributed by atoms with E-state index in [9.17, 15) is 14.4 Å². The molecular formula is C13H14N2O5. The van der Waals surface area contributed by atoms with Crippen molar-refractivity contribution >= 4 is 23.5 Å². The second-order valence-electron chi connectivity index (χ2n) is 4.04. The molecule has 1 aliphatic rings. The molecule has 2 rings (SSSR count). The number of hydrogen-bond donors (Lipinski definition) is 2. The first kappa shape index (κ1) is 13.9. The number of ether oxygens (including phenoxy) is 2. The quantitative estimate of drug-likeness (QED) is 0.773. The second-order valence-corrected chi connectivity index (χ2v) is 4.04. The fourth-order valence-electron chi connectivity index (χ4n) is 1.69. The second kappa shape index (κ2) is 6.05. The molecule has 7 heteroatoms. The number of fused-ring (bicyclic) bond motifs is 1. The van der Waals surface area contributed by atoms with Crippen molar-refractivity contribution in [3.8, 4) is 5.75 Å². The first-order valence-electron chi connectivity index (χ1n) is 6.10. The molecule has 2 amide bonds. The summed E-state index contributed by atoms with van der Waals surface area (Å²) < 4.78 is 9.88. The molecule has 106 valence electrons. The highest BCUT2D eigenvalue weighted by Crippen LogP contribution is 2.28. The van der Waals surface area contributed by atoms with Gasteiger partial charge in [0.05, 0.1) is 12.3 Å². The number of benzene rings is 1. The molecule has 0 radical (unpaired) electrons. The molecule has 0 unspecified atom stereocenters. The van der Waals surface area contributed by atoms with Crippen molar-refractivity contribution in [1.82, 2.24) is 5.32 Å². The zero-order chi connectivity index (χ0) is 14.5. The fraction of sp³-hybridized carbons (Fsp3) is 0.308. The van der Waals surface area contributed by atoms with Crippen molar-refractivity contribution < 1.29 is 23.9 Å². The predicted molar refractivity (Wildman–Crippen MR) is 69.5 cm³/mol. The lowest BCUT2D eigenvalue weighted by atomic mass is 10.1. The largest absolute Gasteiger partial charge is 0.482 e. The molecule has 1 aromatic rings. The Labute approximate surface area is 115 Å². The average molecular weight is 278 g/mol. The van der Waals surface area contributed by atoms with Crippen LogP contribution < -0.4 is 15.4 Å². The van der Waals surface area contributed by atoms with E-state index in [-0.39, 0.29) is 25.7 Å². The first-order valence-corrected chi connectivity index (χ1v) is 6.10. The molecule has 2 N–H and O–H groups in total. The zero-order valence-corrected chi connectivity index (χ0v) is 10.9. The Bertz CT molecular complexity index is 556. The van der Waals surface area contributed by atoms with Crippen molar-refractivity contribution in [3.63, 3.8) is 0 Å². The monoisotopic (exact) mass is 278 g/mol. The summed E-state index contributed by atoms with van der Waals surface area (Å²) in [5, 5.41) is 5.04. The third kappa shape index (κ3) is 3.25. The van der Waals surface area contributed by atoms with Gasteiger partial charge in [-0.25, -0.2) is 0 Å². The van der Waals surface area contributed by atoms with E-state index in [0.29, 0.717) is 17.0 Å². The van der Waals surface area contributed by atoms with Crippen LogP contribution in [0.2, 0.25) is 0 Å². The number of hydrogen-bond acceptors (Lipinski definition) is 5. The minimum Gasteiger partial charge on any atom is -0.482 e. The van der Waals surface area contributed by atoms with Crippen LogP contribution in [0.1, 0.15) is 17.3 Å². The zero-order valence-electron chi connectivity index (χ0n) is 10.9. The van der Waals surface area contributed by atoms with Crippen LogP contribution in [0, 0.1) is 0 Å². The molecule has 0 bridgehead atoms. The maximum absolute atomic E-state index is 11.8. The highest BCUT2D eigenvalue weighted by Gasteiger charge is 2.18. The van der Waals surface area contributed by atoms with Gasteiger partial charge in [-0.2, -0.15) is 0 Å². The number of carbonyl (C=O) groups excluding carboxylic acids is 3. The van der Waals surface area contributed by atoms with E-state index < -0.39 is 11.9 Å². The van der Waals surface area contributed by atoms with Crippen LogP contribution in [0.15, 0.2) is 18.2 Å². The summed E-state index contributed by atoms with van der Waals surface area (Å²) in [5.74, 6) is -0.704. The highest BCUT2D eigenvalue weighted by atomic mass is 16.5. The molecule has 0 aromatic heterocycles. The van der Waals surface area contributed by atoms with Gasteiger partial charge in [0.25, 0.3) is 11.8 Å². The Morgan fingerprint density at radius 2 is 2.25 bits per heavy atom. The van der Waals surface area contributed by atoms with Crippen LogP contribution >= 0.6 is 0 Å². The first-order chi connectivity index (χ1) is 9.60. The fourth-order valence-corrected chi connectivity index (χ4v) is 1.69. The van der Waals surface area contributed by atoms with Gasteiger partial charge in [-0.05, 0) is 25.1 Å². The van der Waals surface area contributed by atoms with Crippen molar-refractivity contribution in [2.75, 3.05) is 25.1 Å². The maximum Gasteiger partial charge on any atom is 0.325 e. The smallest absolute Gasteiger partial charge is 0.325 e. The van der Waals surface area contributed by atoms with Crippen molar-refractivity contribution in [3.05, 3.63) is 23.8 Å². The molecule has 0 saturated carbocycles. The molecule has 0 spiro atoms. The molecule has 7 nitrogen and oxygen atoms in total. The van der Waals surface area contributed by atoms with E-state index >= 15 is 0 Å². The Kier molecular flexibility index (Phi) is 4.19. The normalized spacial score (nSPS) is 12.8. The molecule has 1 aliphatic heterocycles. The summed E-state index contributed by atoms with van der Waals surface area (Å²) in [6, 6.07) is 4.64. The van der Waals surface area contributed by atoms with Crippen LogP contribution in [0.4, 0.5) is 5.69 Å². The van der Waals surface area contributed by atoms with Crippen molar-refractivity contribution in [2.45, 2.75) is 6.92 Å². The molecule has 1 aromatic carbocycles. The molecular weight excluding hydrogens is 264 g/mol. The third-order valence-corrected chi connectivity index (χ3v) is 2.57. The molecule has 1 heterocycles. The van der Waals surface area contributed by atoms with E-state index in [4.69, 9.17) is 9.47 Å². The number of nitrogens with one attached hydrogen (secondary N) is 2. The number of amides is 2. The Morgan fingerprint density at radius 3 is 3.00 bits per heavy atom. The summed E-state index contributed by atoms with van der Waals surface area (Å²) >= 11 is 0. The molecule has 0 fully saturated rings. The molecule has 0 aliphatic carbocycles. The number of rotatable bonds is 4. The van der Waals surface area contributed by atoms with Gasteiger partial charge in [-0.15, -0.1) is 0 Å². The average Bonchev–Trinajstić information content (AvgIpc) is 2.44. The SMILES string of the molecule is CCOC(=O)CNC(=O)c1ccc2c(c1)NC(=O)CO2. The standard InChI is InChI=1S/C13H14N2O5/c1-2-19-12(17)6-14-13(18)8-3-4-10-9(5-8)15-11(16)7-20-10/h3-5H,2,6-7H2,1H3,(H,14,18)(H,15,16). The summed E-state index contributed by atoms with van der Waals surface area (Å²) in [6.45, 7) is 1.71. The lowest BCUT2D eigenvalue weighted by molar-refractivity contribution is -0.141. The molecule has 0 saturated heterocycles. The van der Waals surface area contributed by atoms with E-state index in [1.807, 2.05) is 0 Å². The van der Waals surface area contributed by atoms with E-state index in [1.54, 1.807) is 19.1 Å². The Hall–Kier alpha value is -2.57. The van der Waals surface area contributed by atoms with E-state index in [2.05, 4.69) is 10.6 Å². The van der Waals surface area contributed by atoms with Gasteiger partial charge in [0.2, 0.25) is 0 Å². The Balaban J connectivity index is 2.02. The lowest BCUT2D eigenvalue weighted by Gasteiger charge is -2.18. The van der Waals surface area contributed by atoms with Crippen LogP contribution in [-0.2, 0) is 14.3 Å². The van der Waals surface area contributed by atoms with Gasteiger partial charge in [-0.3, -0.25) is 14.4 Å². The van der Waals surface area contributed by atoms with E-state index in [0.717, 1.165) is 0 Å². The Morgan fingerprint density at radius 1 is 1.45 bits per heavy atom. The van der Waals surface area contributed by atoms with Crippen LogP contribution in [0.5, 0.6) is 5.75 Å². The minimum absolute atomic E-state index is 0.0403. The number of anilines is 1. The van der Waals surface area contributed by atoms with Gasteiger partial charge in [0.1, 0.15) is 12.3 Å². The topological polar surface area (TPSA) is 93.7 Å². The van der Waals surface area contributed by atoms with Gasteiger partial charge in [-0.1, -0.05) is 0 Å². The number of esters is 1. The van der Waals surface area contributed by atoms with Gasteiger partial charge in [0, 0.05) is 5.56 Å². The summed E-state index contributed by atoms with van der Waals surface area (Å²) in [6.07, 6.45) is 0. The van der Waals surface area contributed by atoms with E-state index in [1.165, 1.54) is 6.07 Å². The van der Waals surface area contributed by atoms with Crippen molar-refractivity contribution in [1.29, 1.82) is 0 Å². The highest BCUT2D eigenvalue weighted by molar-refractivity contribution is 6.00. The molecule has 20 heavy (non-hydrogen) atoms. The summed E-state index contributed by atoms with van der Waals surface area (Å²) in [7, 11) is 0. The maximum atomic E-state index is 11.8. The summed E-state index contributed by atoms with van der Waals surface area (Å²) in [5.41, 5.74) is 0.754. The summed E-state index contributed by atoms with van der Waals surface area (Å²) in [4.78, 5) is 34.2. The lowest BCUT2D eigenvalue weighted by Crippen LogP contribution is -2.31. The van der Waals surface area contributed by atoms with Crippen LogP contribution in [0.3, 0.4) is 0 Å². The molecule has 0 atom stereocenters. The van der Waals surface area contributed by atoms with Gasteiger partial charge >= 0.3 is 5.97 Å². The van der Waals surface area contributed by atoms with Gasteiger partial charge < -0.3 is 20.1 Å². The predicted octanol–water partition coefficient (Wildman–Crippen LogP) is 0.310.